The number of aromatic nitrogens is 3. The minimum atomic E-state index is -0.469. The molecular weight excluding hydrogens is 462 g/mol. The number of rotatable bonds is 7. The van der Waals surface area contributed by atoms with E-state index in [1.807, 2.05) is 47.0 Å². The molecule has 0 aliphatic rings. The number of hydrogen-bond donors (Lipinski definition) is 1. The van der Waals surface area contributed by atoms with E-state index in [1.165, 1.54) is 30.0 Å². The molecule has 0 spiro atoms. The van der Waals surface area contributed by atoms with Crippen molar-refractivity contribution in [3.63, 3.8) is 0 Å². The summed E-state index contributed by atoms with van der Waals surface area (Å²) in [6, 6.07) is 21.2. The molecule has 0 atom stereocenters. The fourth-order valence-electron chi connectivity index (χ4n) is 3.18. The lowest BCUT2D eigenvalue weighted by Gasteiger charge is -2.11. The van der Waals surface area contributed by atoms with Crippen LogP contribution in [0.2, 0.25) is 5.02 Å². The summed E-state index contributed by atoms with van der Waals surface area (Å²) in [6.07, 6.45) is 0. The van der Waals surface area contributed by atoms with E-state index in [9.17, 15) is 14.9 Å². The first-order valence-electron chi connectivity index (χ1n) is 9.87. The Hall–Kier alpha value is -3.69. The van der Waals surface area contributed by atoms with E-state index in [4.69, 9.17) is 11.6 Å². The zero-order valence-corrected chi connectivity index (χ0v) is 19.0. The van der Waals surface area contributed by atoms with Gasteiger partial charge >= 0.3 is 0 Å². The second kappa shape index (κ2) is 9.85. The van der Waals surface area contributed by atoms with Crippen molar-refractivity contribution in [2.24, 2.45) is 0 Å². The number of aryl methyl sites for hydroxylation is 1. The Morgan fingerprint density at radius 3 is 2.48 bits per heavy atom. The topological polar surface area (TPSA) is 103 Å². The van der Waals surface area contributed by atoms with E-state index in [-0.39, 0.29) is 17.3 Å². The highest BCUT2D eigenvalue weighted by Gasteiger charge is 2.18. The smallest absolute Gasteiger partial charge is 0.269 e. The molecule has 0 unspecified atom stereocenters. The van der Waals surface area contributed by atoms with Gasteiger partial charge in [0.1, 0.15) is 0 Å². The maximum absolute atomic E-state index is 12.6. The van der Waals surface area contributed by atoms with Gasteiger partial charge in [0.25, 0.3) is 5.69 Å². The molecule has 0 aliphatic heterocycles. The second-order valence-corrected chi connectivity index (χ2v) is 8.46. The number of anilines is 1. The third-order valence-corrected chi connectivity index (χ3v) is 5.96. The molecule has 0 fully saturated rings. The van der Waals surface area contributed by atoms with Crippen molar-refractivity contribution in [3.05, 3.63) is 93.5 Å². The van der Waals surface area contributed by atoms with Crippen LogP contribution in [0.3, 0.4) is 0 Å². The number of halogens is 1. The summed E-state index contributed by atoms with van der Waals surface area (Å²) in [4.78, 5) is 23.0. The number of carbonyl (C=O) groups is 1. The van der Waals surface area contributed by atoms with Crippen LogP contribution in [0.5, 0.6) is 0 Å². The van der Waals surface area contributed by atoms with E-state index in [0.29, 0.717) is 27.3 Å². The number of para-hydroxylation sites is 1. The highest BCUT2D eigenvalue weighted by molar-refractivity contribution is 7.99. The Morgan fingerprint density at radius 2 is 1.82 bits per heavy atom. The number of carbonyl (C=O) groups excluding carboxylic acids is 1. The molecule has 0 bridgehead atoms. The summed E-state index contributed by atoms with van der Waals surface area (Å²) >= 11 is 7.27. The molecule has 4 rings (SSSR count). The van der Waals surface area contributed by atoms with Gasteiger partial charge in [-0.25, -0.2) is 0 Å². The summed E-state index contributed by atoms with van der Waals surface area (Å²) in [7, 11) is 0. The van der Waals surface area contributed by atoms with E-state index in [0.717, 1.165) is 11.3 Å². The number of hydrogen-bond acceptors (Lipinski definition) is 6. The Kier molecular flexibility index (Phi) is 6.71. The molecule has 1 amide bonds. The molecule has 0 radical (unpaired) electrons. The van der Waals surface area contributed by atoms with Crippen LogP contribution in [0.15, 0.2) is 78.0 Å². The van der Waals surface area contributed by atoms with Crippen molar-refractivity contribution < 1.29 is 9.72 Å². The highest BCUT2D eigenvalue weighted by atomic mass is 35.5. The normalized spacial score (nSPS) is 10.7. The van der Waals surface area contributed by atoms with Crippen LogP contribution in [0.4, 0.5) is 11.4 Å². The molecule has 0 aliphatic carbocycles. The average molecular weight is 480 g/mol. The van der Waals surface area contributed by atoms with Gasteiger partial charge in [0, 0.05) is 34.1 Å². The Morgan fingerprint density at radius 1 is 1.09 bits per heavy atom. The van der Waals surface area contributed by atoms with Crippen molar-refractivity contribution >= 4 is 40.6 Å². The number of nitrogens with zero attached hydrogens (tertiary/aromatic N) is 4. The summed E-state index contributed by atoms with van der Waals surface area (Å²) in [6.45, 7) is 1.71. The first-order valence-corrected chi connectivity index (χ1v) is 11.2. The third-order valence-electron chi connectivity index (χ3n) is 4.78. The van der Waals surface area contributed by atoms with Crippen LogP contribution in [-0.2, 0) is 4.79 Å². The van der Waals surface area contributed by atoms with Gasteiger partial charge < -0.3 is 5.32 Å². The van der Waals surface area contributed by atoms with Gasteiger partial charge in [-0.15, -0.1) is 10.2 Å². The van der Waals surface area contributed by atoms with Crippen molar-refractivity contribution in [3.8, 4) is 17.1 Å². The van der Waals surface area contributed by atoms with Gasteiger partial charge in [-0.1, -0.05) is 41.6 Å². The van der Waals surface area contributed by atoms with Crippen LogP contribution in [0.25, 0.3) is 17.1 Å². The van der Waals surface area contributed by atoms with Crippen molar-refractivity contribution in [2.45, 2.75) is 12.1 Å². The van der Waals surface area contributed by atoms with Crippen LogP contribution >= 0.6 is 23.4 Å². The number of amides is 1. The molecule has 166 valence electrons. The van der Waals surface area contributed by atoms with Crippen LogP contribution in [-0.4, -0.2) is 31.3 Å². The van der Waals surface area contributed by atoms with Gasteiger partial charge in [-0.2, -0.15) is 0 Å². The van der Waals surface area contributed by atoms with Gasteiger partial charge in [-0.3, -0.25) is 19.5 Å². The van der Waals surface area contributed by atoms with Crippen molar-refractivity contribution in [1.29, 1.82) is 0 Å². The van der Waals surface area contributed by atoms with Gasteiger partial charge in [0.05, 0.1) is 10.7 Å². The molecule has 8 nitrogen and oxygen atoms in total. The van der Waals surface area contributed by atoms with Crippen molar-refractivity contribution in [1.82, 2.24) is 14.8 Å². The predicted octanol–water partition coefficient (Wildman–Crippen LogP) is 5.54. The minimum absolute atomic E-state index is 0.0226. The lowest BCUT2D eigenvalue weighted by atomic mass is 10.2. The number of nitro benzene ring substituents is 1. The number of nitro groups is 1. The largest absolute Gasteiger partial charge is 0.325 e. The van der Waals surface area contributed by atoms with Crippen LogP contribution < -0.4 is 5.32 Å². The summed E-state index contributed by atoms with van der Waals surface area (Å²) in [5.41, 5.74) is 2.82. The summed E-state index contributed by atoms with van der Waals surface area (Å²) in [5, 5.41) is 23.5. The van der Waals surface area contributed by atoms with Crippen LogP contribution in [0.1, 0.15) is 5.56 Å². The van der Waals surface area contributed by atoms with Crippen molar-refractivity contribution in [2.75, 3.05) is 11.1 Å². The second-order valence-electron chi connectivity index (χ2n) is 7.08. The Balaban J connectivity index is 1.55. The SMILES string of the molecule is Cc1cc([N+](=O)[O-])ccc1NC(=O)CSc1nnc(-c2ccc(Cl)cc2)n1-c1ccccc1. The lowest BCUT2D eigenvalue weighted by molar-refractivity contribution is -0.384. The standard InChI is InChI=1S/C23H18ClN5O3S/c1-15-13-19(29(31)32)11-12-20(15)25-21(30)14-33-23-27-26-22(16-7-9-17(24)10-8-16)28(23)18-5-3-2-4-6-18/h2-13H,14H2,1H3,(H,25,30). The molecule has 3 aromatic carbocycles. The zero-order valence-electron chi connectivity index (χ0n) is 17.4. The third kappa shape index (κ3) is 5.21. The van der Waals surface area contributed by atoms with E-state index >= 15 is 0 Å². The number of nitrogens with one attached hydrogen (secondary N) is 1. The zero-order chi connectivity index (χ0) is 23.4. The molecule has 0 saturated carbocycles. The summed E-state index contributed by atoms with van der Waals surface area (Å²) < 4.78 is 1.89. The number of thioether (sulfide) groups is 1. The fourth-order valence-corrected chi connectivity index (χ4v) is 4.06. The molecule has 1 aromatic heterocycles. The molecule has 33 heavy (non-hydrogen) atoms. The molecule has 10 heteroatoms. The molecule has 1 heterocycles. The fraction of sp³-hybridized carbons (Fsp3) is 0.0870. The van der Waals surface area contributed by atoms with E-state index in [1.54, 1.807) is 19.1 Å². The minimum Gasteiger partial charge on any atom is -0.325 e. The first kappa shape index (κ1) is 22.5. The molecule has 0 saturated heterocycles. The maximum Gasteiger partial charge on any atom is 0.269 e. The molecule has 4 aromatic rings. The van der Waals surface area contributed by atoms with E-state index in [2.05, 4.69) is 15.5 Å². The van der Waals surface area contributed by atoms with Gasteiger partial charge in [-0.05, 0) is 55.0 Å². The van der Waals surface area contributed by atoms with E-state index < -0.39 is 4.92 Å². The Labute approximate surface area is 198 Å². The number of benzene rings is 3. The monoisotopic (exact) mass is 479 g/mol. The predicted molar refractivity (Wildman–Crippen MR) is 129 cm³/mol. The highest BCUT2D eigenvalue weighted by Crippen LogP contribution is 2.29. The quantitative estimate of drug-likeness (QED) is 0.212. The maximum atomic E-state index is 12.6. The summed E-state index contributed by atoms with van der Waals surface area (Å²) in [5.74, 6) is 0.460. The Bertz CT molecular complexity index is 1310. The van der Waals surface area contributed by atoms with Gasteiger partial charge in [0.15, 0.2) is 11.0 Å². The molecular formula is C23H18ClN5O3S. The van der Waals surface area contributed by atoms with Crippen LogP contribution in [0, 0.1) is 17.0 Å². The van der Waals surface area contributed by atoms with Gasteiger partial charge in [0.2, 0.25) is 5.91 Å². The first-order chi connectivity index (χ1) is 15.9. The average Bonchev–Trinajstić information content (AvgIpc) is 3.24. The molecule has 1 N–H and O–H groups in total. The lowest BCUT2D eigenvalue weighted by Crippen LogP contribution is -2.15. The number of non-ortho nitro benzene ring substituents is 1.